The summed E-state index contributed by atoms with van der Waals surface area (Å²) in [6.45, 7) is 26.6. The van der Waals surface area contributed by atoms with Gasteiger partial charge in [-0.2, -0.15) is 20.5 Å². The van der Waals surface area contributed by atoms with E-state index in [9.17, 15) is 43.4 Å². The van der Waals surface area contributed by atoms with Crippen molar-refractivity contribution in [2.24, 2.45) is 20.5 Å². The van der Waals surface area contributed by atoms with Gasteiger partial charge in [0, 0.05) is 62.6 Å². The van der Waals surface area contributed by atoms with Gasteiger partial charge in [-0.3, -0.25) is 23.7 Å². The number of aliphatic hydroxyl groups excluding tert-OH is 2. The number of carboxylic acid groups (broad SMARTS) is 1. The van der Waals surface area contributed by atoms with Crippen LogP contribution in [0, 0.1) is 0 Å². The lowest BCUT2D eigenvalue weighted by Crippen LogP contribution is -2.45. The Morgan fingerprint density at radius 3 is 1.48 bits per heavy atom. The van der Waals surface area contributed by atoms with Crippen molar-refractivity contribution >= 4 is 57.7 Å². The number of esters is 1. The summed E-state index contributed by atoms with van der Waals surface area (Å²) in [6.07, 6.45) is -1.40. The molecule has 2 aliphatic rings. The van der Waals surface area contributed by atoms with E-state index in [-0.39, 0.29) is 75.5 Å². The normalized spacial score (nSPS) is 14.2. The molecule has 24 nitrogen and oxygen atoms in total. The van der Waals surface area contributed by atoms with Gasteiger partial charge >= 0.3 is 30.2 Å². The number of nitrogens with one attached hydrogen (secondary N) is 2. The number of aliphatic hydroxyl groups is 2. The van der Waals surface area contributed by atoms with Crippen molar-refractivity contribution in [1.29, 1.82) is 0 Å². The summed E-state index contributed by atoms with van der Waals surface area (Å²) in [5.74, 6) is -0.314. The van der Waals surface area contributed by atoms with E-state index in [1.54, 1.807) is 73.3 Å². The van der Waals surface area contributed by atoms with Gasteiger partial charge in [0.1, 0.15) is 65.9 Å². The number of benzene rings is 4. The van der Waals surface area contributed by atoms with E-state index in [0.717, 1.165) is 52.4 Å². The molecule has 2 atom stereocenters. The third-order valence-corrected chi connectivity index (χ3v) is 12.5. The third kappa shape index (κ3) is 32.1. The Balaban J connectivity index is 0.000000388. The molecule has 5 N–H and O–H groups in total. The molecule has 0 fully saturated rings. The molecule has 0 saturated carbocycles. The fourth-order valence-corrected chi connectivity index (χ4v) is 8.18. The number of hydrogen-bond donors (Lipinski definition) is 5. The summed E-state index contributed by atoms with van der Waals surface area (Å²) in [4.78, 5) is 77.0. The van der Waals surface area contributed by atoms with Crippen LogP contribution >= 0.6 is 0 Å². The SMILES string of the molecule is CC(C)(C)OC(=O)N(CC(=O)O)C[C@H](O)COc1cccc2ccccc12.CC1(CCN(CCNC(=O)OC(C)(C)C)C(=O)CCN(C[C@H](O)COc2cccc3ccccc23)C(=O)OC(C)(C)C)N=N1.CC1(CCNCCCC(=O)OC(C)(C)C)N=N1.[2H]CF. The second-order valence-corrected chi connectivity index (χ2v) is 25.9. The lowest BCUT2D eigenvalue weighted by atomic mass is 10.1. The number of amides is 4. The predicted molar refractivity (Wildman–Crippen MR) is 340 cm³/mol. The summed E-state index contributed by atoms with van der Waals surface area (Å²) in [6, 6.07) is 26.7. The second kappa shape index (κ2) is 35.6. The number of alkyl carbamates (subject to hydrolysis) is 1. The first-order valence-corrected chi connectivity index (χ1v) is 30.1. The average Bonchev–Trinajstić information content (AvgIpc) is 2.22. The van der Waals surface area contributed by atoms with Crippen molar-refractivity contribution in [3.05, 3.63) is 84.9 Å². The Kier molecular flexibility index (Phi) is 29.5. The van der Waals surface area contributed by atoms with E-state index in [4.69, 9.17) is 34.9 Å². The first-order valence-electron chi connectivity index (χ1n) is 30.8. The Hall–Kier alpha value is -7.77. The molecule has 0 radical (unpaired) electrons. The summed E-state index contributed by atoms with van der Waals surface area (Å²) in [5.41, 5.74) is -3.19. The zero-order chi connectivity index (χ0) is 68.2. The van der Waals surface area contributed by atoms with Crippen molar-refractivity contribution in [2.45, 2.75) is 175 Å². The smallest absolute Gasteiger partial charge is 0.410 e. The molecular weight excluding hydrogens is 1170 g/mol. The molecular formula is C65H98FN9O15. The number of carbonyl (C=O) groups excluding carboxylic acids is 5. The lowest BCUT2D eigenvalue weighted by molar-refractivity contribution is -0.155. The maximum absolute atomic E-state index is 13.4. The van der Waals surface area contributed by atoms with Crippen molar-refractivity contribution < 1.29 is 78.3 Å². The summed E-state index contributed by atoms with van der Waals surface area (Å²) >= 11 is 0. The highest BCUT2D eigenvalue weighted by molar-refractivity contribution is 5.89. The first-order chi connectivity index (χ1) is 42.4. The number of hydrogen-bond acceptors (Lipinski definition) is 19. The number of ether oxygens (including phenoxy) is 6. The molecule has 6 rings (SSSR count). The Morgan fingerprint density at radius 1 is 0.567 bits per heavy atom. The topological polar surface area (TPSA) is 302 Å². The van der Waals surface area contributed by atoms with E-state index >= 15 is 0 Å². The predicted octanol–water partition coefficient (Wildman–Crippen LogP) is 10.9. The number of carboxylic acids is 1. The Bertz CT molecular complexity index is 3000. The Morgan fingerprint density at radius 2 is 1.01 bits per heavy atom. The molecule has 0 saturated heterocycles. The van der Waals surface area contributed by atoms with Crippen molar-refractivity contribution in [2.75, 3.05) is 79.3 Å². The van der Waals surface area contributed by atoms with E-state index in [1.807, 2.05) is 113 Å². The maximum Gasteiger partial charge on any atom is 0.410 e. The maximum atomic E-state index is 13.4. The third-order valence-electron chi connectivity index (χ3n) is 12.5. The lowest BCUT2D eigenvalue weighted by Gasteiger charge is -2.30. The van der Waals surface area contributed by atoms with Crippen LogP contribution in [0.25, 0.3) is 21.5 Å². The largest absolute Gasteiger partial charge is 0.490 e. The van der Waals surface area contributed by atoms with Crippen LogP contribution < -0.4 is 20.1 Å². The fraction of sp³-hybridized carbons (Fsp3) is 0.600. The van der Waals surface area contributed by atoms with E-state index in [0.29, 0.717) is 30.9 Å². The molecule has 0 aromatic heterocycles. The molecule has 0 unspecified atom stereocenters. The number of alkyl halides is 1. The zero-order valence-corrected chi connectivity index (χ0v) is 55.0. The van der Waals surface area contributed by atoms with Gasteiger partial charge in [0.05, 0.1) is 21.6 Å². The van der Waals surface area contributed by atoms with Crippen LogP contribution in [0.2, 0.25) is 0 Å². The second-order valence-electron chi connectivity index (χ2n) is 25.9. The van der Waals surface area contributed by atoms with Crippen LogP contribution in [-0.4, -0.2) is 191 Å². The van der Waals surface area contributed by atoms with Crippen LogP contribution in [0.4, 0.5) is 18.8 Å². The molecule has 25 heteroatoms. The first kappa shape index (κ1) is 74.7. The quantitative estimate of drug-likeness (QED) is 0.0201. The van der Waals surface area contributed by atoms with Gasteiger partial charge < -0.3 is 64.2 Å². The fourth-order valence-electron chi connectivity index (χ4n) is 8.18. The van der Waals surface area contributed by atoms with Crippen molar-refractivity contribution in [3.63, 3.8) is 0 Å². The zero-order valence-electron chi connectivity index (χ0n) is 56.0. The summed E-state index contributed by atoms with van der Waals surface area (Å²) in [7, 11) is -1.00. The molecule has 2 heterocycles. The molecule has 0 aliphatic carbocycles. The van der Waals surface area contributed by atoms with E-state index < -0.39 is 72.6 Å². The number of aliphatic carboxylic acids is 1. The van der Waals surface area contributed by atoms with Crippen LogP contribution in [0.3, 0.4) is 0 Å². The highest BCUT2D eigenvalue weighted by atomic mass is 19.1. The van der Waals surface area contributed by atoms with Crippen LogP contribution in [0.5, 0.6) is 11.5 Å². The number of nitrogens with zero attached hydrogens (tertiary/aromatic N) is 7. The number of carbonyl (C=O) groups is 6. The molecule has 500 valence electrons. The van der Waals surface area contributed by atoms with Crippen LogP contribution in [0.15, 0.2) is 105 Å². The van der Waals surface area contributed by atoms with Gasteiger partial charge in [0.25, 0.3) is 0 Å². The highest BCUT2D eigenvalue weighted by Gasteiger charge is 2.35. The van der Waals surface area contributed by atoms with Gasteiger partial charge in [-0.15, -0.1) is 0 Å². The average molecular weight is 1270 g/mol. The Labute approximate surface area is 530 Å². The van der Waals surface area contributed by atoms with Gasteiger partial charge in [0.2, 0.25) is 5.91 Å². The molecule has 90 heavy (non-hydrogen) atoms. The number of rotatable bonds is 28. The van der Waals surface area contributed by atoms with E-state index in [2.05, 4.69) is 31.1 Å². The molecule has 0 spiro atoms. The molecule has 0 bridgehead atoms. The van der Waals surface area contributed by atoms with E-state index in [1.165, 1.54) is 4.90 Å². The molecule has 4 amide bonds. The van der Waals surface area contributed by atoms with Crippen LogP contribution in [0.1, 0.15) is 130 Å². The van der Waals surface area contributed by atoms with Gasteiger partial charge in [0.15, 0.2) is 11.3 Å². The summed E-state index contributed by atoms with van der Waals surface area (Å²) < 4.78 is 48.4. The standard InChI is InChI=1S/C32H47N5O7.C20H25NO6.C12H23N3O2.CH3F/c1-30(2,3)43-28(40)33-17-20-36(19-16-32(7)34-35-32)27(39)15-18-37(29(41)44-31(4,5)6)21-24(38)22-42-26-14-10-12-23-11-8-9-13-25(23)26;1-20(2,3)27-19(25)21(12-18(23)24)11-15(22)13-26-17-10-6-8-14-7-4-5-9-16(14)17;1-11(2,3)17-10(16)6-5-8-13-9-7-12(4)14-15-12;1-2/h8-14,24,38H,15-22H2,1-7H3,(H,33,40);4-10,15,22H,11-13H2,1-3H3,(H,23,24);13H,5-9H2,1-4H3;1H3/t24-;15-;;/m00../s1/i;;;1D. The highest BCUT2D eigenvalue weighted by Crippen LogP contribution is 2.32. The molecule has 4 aromatic carbocycles. The van der Waals surface area contributed by atoms with Crippen molar-refractivity contribution in [1.82, 2.24) is 25.3 Å². The van der Waals surface area contributed by atoms with Crippen LogP contribution in [-0.2, 0) is 33.3 Å². The summed E-state index contributed by atoms with van der Waals surface area (Å²) in [5, 5.41) is 55.8. The molecule has 2 aliphatic heterocycles. The number of fused-ring (bicyclic) bond motifs is 2. The van der Waals surface area contributed by atoms with Gasteiger partial charge in [-0.25, -0.2) is 14.4 Å². The van der Waals surface area contributed by atoms with Gasteiger partial charge in [-0.1, -0.05) is 72.8 Å². The monoisotopic (exact) mass is 1260 g/mol. The van der Waals surface area contributed by atoms with Gasteiger partial charge in [-0.05, 0) is 139 Å². The molecule has 4 aromatic rings. The minimum atomic E-state index is -1.19. The minimum absolute atomic E-state index is 0.0150. The number of halogens is 1. The minimum Gasteiger partial charge on any atom is -0.490 e. The van der Waals surface area contributed by atoms with Crippen molar-refractivity contribution in [3.8, 4) is 11.5 Å².